The Labute approximate surface area is 124 Å². The van der Waals surface area contributed by atoms with Gasteiger partial charge in [0.05, 0.1) is 26.4 Å². The predicted octanol–water partition coefficient (Wildman–Crippen LogP) is -0.332. The molecule has 0 aliphatic carbocycles. The summed E-state index contributed by atoms with van der Waals surface area (Å²) in [6.45, 7) is 4.61. The van der Waals surface area contributed by atoms with Crippen LogP contribution in [-0.2, 0) is 19.7 Å². The molecule has 21 heavy (non-hydrogen) atoms. The van der Waals surface area contributed by atoms with Crippen LogP contribution in [-0.4, -0.2) is 73.1 Å². The van der Waals surface area contributed by atoms with Crippen LogP contribution in [0.5, 0.6) is 0 Å². The molecule has 1 atom stereocenters. The summed E-state index contributed by atoms with van der Waals surface area (Å²) in [5.41, 5.74) is 0.902. The van der Waals surface area contributed by atoms with Crippen LogP contribution >= 0.6 is 0 Å². The topological polar surface area (TPSA) is 87.8 Å². The lowest BCUT2D eigenvalue weighted by atomic mass is 10.2. The molecule has 2 aliphatic heterocycles. The zero-order valence-corrected chi connectivity index (χ0v) is 12.8. The molecule has 1 aromatic rings. The number of H-pyrrole nitrogens is 1. The van der Waals surface area contributed by atoms with E-state index in [2.05, 4.69) is 9.97 Å². The van der Waals surface area contributed by atoms with Crippen molar-refractivity contribution < 1.29 is 17.9 Å². The highest BCUT2D eigenvalue weighted by atomic mass is 32.2. The van der Waals surface area contributed by atoms with Crippen LogP contribution in [0.25, 0.3) is 0 Å². The third kappa shape index (κ3) is 2.97. The minimum absolute atomic E-state index is 0.316. The molecule has 0 radical (unpaired) electrons. The Morgan fingerprint density at radius 2 is 1.95 bits per heavy atom. The summed E-state index contributed by atoms with van der Waals surface area (Å²) in [4.78, 5) is 7.37. The van der Waals surface area contributed by atoms with Crippen molar-refractivity contribution in [2.45, 2.75) is 13.0 Å². The molecular weight excluding hydrogens is 296 g/mol. The second-order valence-electron chi connectivity index (χ2n) is 5.17. The molecule has 0 unspecified atom stereocenters. The summed E-state index contributed by atoms with van der Waals surface area (Å²) in [5.74, 6) is 0.629. The zero-order chi connectivity index (χ0) is 14.9. The fourth-order valence-corrected chi connectivity index (χ4v) is 4.30. The Morgan fingerprint density at radius 1 is 1.24 bits per heavy atom. The molecule has 0 saturated carbocycles. The maximum atomic E-state index is 12.8. The largest absolute Gasteiger partial charge is 0.379 e. The minimum Gasteiger partial charge on any atom is -0.379 e. The average molecular weight is 316 g/mol. The van der Waals surface area contributed by atoms with Gasteiger partial charge in [0.1, 0.15) is 11.9 Å². The third-order valence-corrected chi connectivity index (χ3v) is 5.76. The monoisotopic (exact) mass is 316 g/mol. The molecule has 1 N–H and O–H groups in total. The Balaban J connectivity index is 1.86. The Hall–Kier alpha value is -1.00. The first-order valence-corrected chi connectivity index (χ1v) is 8.42. The van der Waals surface area contributed by atoms with E-state index in [1.165, 1.54) is 8.61 Å². The van der Waals surface area contributed by atoms with E-state index in [0.29, 0.717) is 51.9 Å². The van der Waals surface area contributed by atoms with E-state index in [1.807, 2.05) is 6.92 Å². The van der Waals surface area contributed by atoms with Gasteiger partial charge in [-0.3, -0.25) is 0 Å². The van der Waals surface area contributed by atoms with Crippen molar-refractivity contribution >= 4 is 10.2 Å². The SMILES string of the molecule is Cc1cnc([C@@H]2COCCN2S(=O)(=O)N2CCOCC2)[nH]1. The van der Waals surface area contributed by atoms with Crippen LogP contribution in [0.4, 0.5) is 0 Å². The van der Waals surface area contributed by atoms with E-state index < -0.39 is 16.3 Å². The first kappa shape index (κ1) is 14.9. The van der Waals surface area contributed by atoms with Gasteiger partial charge in [-0.15, -0.1) is 0 Å². The van der Waals surface area contributed by atoms with Gasteiger partial charge in [-0.2, -0.15) is 17.0 Å². The minimum atomic E-state index is -3.53. The van der Waals surface area contributed by atoms with Crippen LogP contribution in [0.3, 0.4) is 0 Å². The lowest BCUT2D eigenvalue weighted by molar-refractivity contribution is 0.0212. The number of rotatable bonds is 3. The number of nitrogens with zero attached hydrogens (tertiary/aromatic N) is 3. The van der Waals surface area contributed by atoms with Gasteiger partial charge < -0.3 is 14.5 Å². The van der Waals surface area contributed by atoms with Gasteiger partial charge in [0.2, 0.25) is 0 Å². The number of aryl methyl sites for hydroxylation is 1. The van der Waals surface area contributed by atoms with Crippen LogP contribution < -0.4 is 0 Å². The Kier molecular flexibility index (Phi) is 4.27. The quantitative estimate of drug-likeness (QED) is 0.825. The van der Waals surface area contributed by atoms with Crippen LogP contribution in [0.15, 0.2) is 6.20 Å². The molecule has 0 aromatic carbocycles. The molecular formula is C12H20N4O4S. The first-order valence-electron chi connectivity index (χ1n) is 7.03. The molecule has 8 nitrogen and oxygen atoms in total. The van der Waals surface area contributed by atoms with Gasteiger partial charge in [-0.05, 0) is 6.92 Å². The molecule has 0 bridgehead atoms. The number of hydrogen-bond donors (Lipinski definition) is 1. The van der Waals surface area contributed by atoms with Crippen molar-refractivity contribution in [3.63, 3.8) is 0 Å². The number of morpholine rings is 2. The highest BCUT2D eigenvalue weighted by Crippen LogP contribution is 2.27. The van der Waals surface area contributed by atoms with Crippen LogP contribution in [0.1, 0.15) is 17.6 Å². The fraction of sp³-hybridized carbons (Fsp3) is 0.750. The smallest absolute Gasteiger partial charge is 0.282 e. The van der Waals surface area contributed by atoms with E-state index in [9.17, 15) is 8.42 Å². The number of ether oxygens (including phenoxy) is 2. The number of aromatic nitrogens is 2. The summed E-state index contributed by atoms with van der Waals surface area (Å²) in [5, 5.41) is 0. The van der Waals surface area contributed by atoms with Gasteiger partial charge in [0.25, 0.3) is 10.2 Å². The fourth-order valence-electron chi connectivity index (χ4n) is 2.61. The van der Waals surface area contributed by atoms with Crippen molar-refractivity contribution in [2.75, 3.05) is 46.1 Å². The van der Waals surface area contributed by atoms with E-state index >= 15 is 0 Å². The first-order chi connectivity index (χ1) is 10.1. The summed E-state index contributed by atoms with van der Waals surface area (Å²) in [6, 6.07) is -0.403. The van der Waals surface area contributed by atoms with E-state index in [-0.39, 0.29) is 0 Å². The van der Waals surface area contributed by atoms with Crippen LogP contribution in [0.2, 0.25) is 0 Å². The second-order valence-corrected chi connectivity index (χ2v) is 7.05. The Morgan fingerprint density at radius 3 is 2.62 bits per heavy atom. The summed E-state index contributed by atoms with van der Waals surface area (Å²) >= 11 is 0. The molecule has 1 aromatic heterocycles. The Bertz CT molecular complexity index is 582. The van der Waals surface area contributed by atoms with Crippen molar-refractivity contribution in [2.24, 2.45) is 0 Å². The lowest BCUT2D eigenvalue weighted by Crippen LogP contribution is -2.53. The maximum absolute atomic E-state index is 12.8. The number of aromatic amines is 1. The normalized spacial score (nSPS) is 26.0. The number of hydrogen-bond acceptors (Lipinski definition) is 5. The summed E-state index contributed by atoms with van der Waals surface area (Å²) in [6.07, 6.45) is 1.70. The third-order valence-electron chi connectivity index (χ3n) is 3.71. The molecule has 0 spiro atoms. The van der Waals surface area contributed by atoms with Crippen molar-refractivity contribution in [3.05, 3.63) is 17.7 Å². The van der Waals surface area contributed by atoms with E-state index in [4.69, 9.17) is 9.47 Å². The lowest BCUT2D eigenvalue weighted by Gasteiger charge is -2.37. The number of imidazole rings is 1. The second kappa shape index (κ2) is 6.01. The van der Waals surface area contributed by atoms with Crippen molar-refractivity contribution in [1.82, 2.24) is 18.6 Å². The molecule has 3 heterocycles. The van der Waals surface area contributed by atoms with E-state index in [1.54, 1.807) is 6.20 Å². The predicted molar refractivity (Wildman–Crippen MR) is 74.9 cm³/mol. The van der Waals surface area contributed by atoms with Crippen molar-refractivity contribution in [1.29, 1.82) is 0 Å². The van der Waals surface area contributed by atoms with Gasteiger partial charge in [-0.1, -0.05) is 0 Å². The molecule has 3 rings (SSSR count). The van der Waals surface area contributed by atoms with Crippen molar-refractivity contribution in [3.8, 4) is 0 Å². The zero-order valence-electron chi connectivity index (χ0n) is 12.0. The average Bonchev–Trinajstić information content (AvgIpc) is 2.95. The summed E-state index contributed by atoms with van der Waals surface area (Å²) < 4.78 is 39.3. The maximum Gasteiger partial charge on any atom is 0.282 e. The van der Waals surface area contributed by atoms with Gasteiger partial charge in [0.15, 0.2) is 0 Å². The van der Waals surface area contributed by atoms with Gasteiger partial charge in [-0.25, -0.2) is 4.98 Å². The summed E-state index contributed by atoms with van der Waals surface area (Å²) in [7, 11) is -3.53. The molecule has 2 fully saturated rings. The van der Waals surface area contributed by atoms with E-state index in [0.717, 1.165) is 5.69 Å². The van der Waals surface area contributed by atoms with Gasteiger partial charge in [0, 0.05) is 31.5 Å². The molecule has 118 valence electrons. The number of nitrogens with one attached hydrogen (secondary N) is 1. The highest BCUT2D eigenvalue weighted by Gasteiger charge is 2.39. The van der Waals surface area contributed by atoms with Crippen LogP contribution in [0, 0.1) is 6.92 Å². The molecule has 0 amide bonds. The standard InChI is InChI=1S/C12H20N4O4S/c1-10-8-13-12(14-10)11-9-20-7-4-16(11)21(17,18)15-2-5-19-6-3-15/h8,11H,2-7,9H2,1H3,(H,13,14)/t11-/m0/s1. The van der Waals surface area contributed by atoms with Gasteiger partial charge >= 0.3 is 0 Å². The molecule has 2 saturated heterocycles. The molecule has 2 aliphatic rings. The molecule has 9 heteroatoms. The highest BCUT2D eigenvalue weighted by molar-refractivity contribution is 7.86.